The first kappa shape index (κ1) is 18.7. The number of carbonyl (C=O) groups is 2. The zero-order valence-corrected chi connectivity index (χ0v) is 14.7. The number of hydrogen-bond donors (Lipinski definition) is 2. The SMILES string of the molecule is CC(CCC(=O)NC1(C#N)CCN(CC2CCCCC2)C1)C(N)=O. The van der Waals surface area contributed by atoms with Gasteiger partial charge in [0.05, 0.1) is 6.07 Å². The topological polar surface area (TPSA) is 99.2 Å². The van der Waals surface area contributed by atoms with Gasteiger partial charge in [-0.25, -0.2) is 0 Å². The van der Waals surface area contributed by atoms with Crippen molar-refractivity contribution in [3.63, 3.8) is 0 Å². The normalized spacial score (nSPS) is 26.7. The van der Waals surface area contributed by atoms with Crippen molar-refractivity contribution in [2.75, 3.05) is 19.6 Å². The Bertz CT molecular complexity index is 496. The molecule has 2 unspecified atom stereocenters. The van der Waals surface area contributed by atoms with Gasteiger partial charge in [-0.1, -0.05) is 26.2 Å². The molecule has 1 aliphatic carbocycles. The number of nitrogens with two attached hydrogens (primary N) is 1. The minimum absolute atomic E-state index is 0.163. The van der Waals surface area contributed by atoms with E-state index >= 15 is 0 Å². The number of likely N-dealkylation sites (tertiary alicyclic amines) is 1. The van der Waals surface area contributed by atoms with E-state index in [9.17, 15) is 14.9 Å². The van der Waals surface area contributed by atoms with E-state index in [1.165, 1.54) is 32.1 Å². The third kappa shape index (κ3) is 5.20. The number of rotatable bonds is 7. The van der Waals surface area contributed by atoms with Gasteiger partial charge in [0.25, 0.3) is 0 Å². The number of hydrogen-bond acceptors (Lipinski definition) is 4. The van der Waals surface area contributed by atoms with Crippen LogP contribution in [0.4, 0.5) is 0 Å². The fourth-order valence-corrected chi connectivity index (χ4v) is 3.82. The van der Waals surface area contributed by atoms with E-state index in [-0.39, 0.29) is 18.2 Å². The number of nitrogens with zero attached hydrogens (tertiary/aromatic N) is 2. The van der Waals surface area contributed by atoms with Gasteiger partial charge in [0.15, 0.2) is 0 Å². The first-order chi connectivity index (χ1) is 11.4. The molecule has 24 heavy (non-hydrogen) atoms. The van der Waals surface area contributed by atoms with Crippen LogP contribution in [0.25, 0.3) is 0 Å². The summed E-state index contributed by atoms with van der Waals surface area (Å²) in [6.45, 7) is 4.23. The summed E-state index contributed by atoms with van der Waals surface area (Å²) in [5, 5.41) is 12.5. The lowest BCUT2D eigenvalue weighted by Gasteiger charge is -2.28. The lowest BCUT2D eigenvalue weighted by Crippen LogP contribution is -2.49. The van der Waals surface area contributed by atoms with E-state index < -0.39 is 11.4 Å². The molecule has 0 aromatic carbocycles. The molecule has 0 radical (unpaired) electrons. The van der Waals surface area contributed by atoms with Crippen molar-refractivity contribution in [3.05, 3.63) is 0 Å². The summed E-state index contributed by atoms with van der Waals surface area (Å²) in [4.78, 5) is 25.5. The van der Waals surface area contributed by atoms with E-state index in [2.05, 4.69) is 16.3 Å². The smallest absolute Gasteiger partial charge is 0.221 e. The molecule has 0 bridgehead atoms. The number of amides is 2. The van der Waals surface area contributed by atoms with Gasteiger partial charge in [-0.3, -0.25) is 14.5 Å². The zero-order chi connectivity index (χ0) is 17.6. The number of nitriles is 1. The fraction of sp³-hybridized carbons (Fsp3) is 0.833. The van der Waals surface area contributed by atoms with Crippen molar-refractivity contribution >= 4 is 11.8 Å². The second-order valence-electron chi connectivity index (χ2n) is 7.57. The van der Waals surface area contributed by atoms with Crippen LogP contribution in [0.15, 0.2) is 0 Å². The van der Waals surface area contributed by atoms with Gasteiger partial charge in [0.2, 0.25) is 11.8 Å². The molecule has 2 atom stereocenters. The van der Waals surface area contributed by atoms with Gasteiger partial charge >= 0.3 is 0 Å². The van der Waals surface area contributed by atoms with Crippen LogP contribution in [0.1, 0.15) is 58.3 Å². The highest BCUT2D eigenvalue weighted by molar-refractivity contribution is 5.80. The van der Waals surface area contributed by atoms with Crippen molar-refractivity contribution in [3.8, 4) is 6.07 Å². The quantitative estimate of drug-likeness (QED) is 0.738. The monoisotopic (exact) mass is 334 g/mol. The molecule has 2 aliphatic rings. The molecule has 2 rings (SSSR count). The summed E-state index contributed by atoms with van der Waals surface area (Å²) >= 11 is 0. The van der Waals surface area contributed by atoms with Gasteiger partial charge in [-0.2, -0.15) is 5.26 Å². The van der Waals surface area contributed by atoms with E-state index in [0.29, 0.717) is 19.4 Å². The number of nitrogens with one attached hydrogen (secondary N) is 1. The van der Waals surface area contributed by atoms with Crippen LogP contribution in [0.5, 0.6) is 0 Å². The Balaban J connectivity index is 1.80. The van der Waals surface area contributed by atoms with E-state index in [1.807, 2.05) is 0 Å². The molecule has 0 spiro atoms. The molecule has 2 fully saturated rings. The van der Waals surface area contributed by atoms with E-state index in [4.69, 9.17) is 5.73 Å². The Labute approximate surface area is 144 Å². The summed E-state index contributed by atoms with van der Waals surface area (Å²) in [5.74, 6) is -0.137. The van der Waals surface area contributed by atoms with Crippen molar-refractivity contribution in [2.24, 2.45) is 17.6 Å². The van der Waals surface area contributed by atoms with Crippen LogP contribution in [0.3, 0.4) is 0 Å². The summed E-state index contributed by atoms with van der Waals surface area (Å²) in [5.41, 5.74) is 4.44. The molecule has 6 nitrogen and oxygen atoms in total. The van der Waals surface area contributed by atoms with Crippen molar-refractivity contribution in [1.82, 2.24) is 10.2 Å². The van der Waals surface area contributed by atoms with Crippen molar-refractivity contribution < 1.29 is 9.59 Å². The predicted octanol–water partition coefficient (Wildman–Crippen LogP) is 1.55. The third-order valence-corrected chi connectivity index (χ3v) is 5.47. The first-order valence-corrected chi connectivity index (χ1v) is 9.18. The minimum Gasteiger partial charge on any atom is -0.369 e. The molecule has 1 saturated carbocycles. The molecular weight excluding hydrogens is 304 g/mol. The molecule has 0 aromatic heterocycles. The van der Waals surface area contributed by atoms with Gasteiger partial charge in [0, 0.05) is 32.0 Å². The largest absolute Gasteiger partial charge is 0.369 e. The first-order valence-electron chi connectivity index (χ1n) is 9.18. The van der Waals surface area contributed by atoms with E-state index in [1.54, 1.807) is 6.92 Å². The molecule has 1 saturated heterocycles. The second kappa shape index (κ2) is 8.48. The van der Waals surface area contributed by atoms with Gasteiger partial charge in [-0.05, 0) is 31.6 Å². The molecule has 0 aromatic rings. The molecule has 134 valence electrons. The maximum absolute atomic E-state index is 12.2. The van der Waals surface area contributed by atoms with Gasteiger partial charge < -0.3 is 11.1 Å². The Morgan fingerprint density at radius 2 is 2.08 bits per heavy atom. The maximum atomic E-state index is 12.2. The standard InChI is InChI=1S/C18H30N4O2/c1-14(17(20)24)7-8-16(23)21-18(12-19)9-10-22(13-18)11-15-5-3-2-4-6-15/h14-15H,2-11,13H2,1H3,(H2,20,24)(H,21,23). The maximum Gasteiger partial charge on any atom is 0.221 e. The highest BCUT2D eigenvalue weighted by Gasteiger charge is 2.40. The molecule has 6 heteroatoms. The molecule has 1 heterocycles. The zero-order valence-electron chi connectivity index (χ0n) is 14.7. The van der Waals surface area contributed by atoms with Gasteiger partial charge in [0.1, 0.15) is 5.54 Å². The summed E-state index contributed by atoms with van der Waals surface area (Å²) in [6, 6.07) is 2.32. The fourth-order valence-electron chi connectivity index (χ4n) is 3.82. The number of primary amides is 1. The molecule has 2 amide bonds. The summed E-state index contributed by atoms with van der Waals surface area (Å²) in [7, 11) is 0. The van der Waals surface area contributed by atoms with Crippen LogP contribution < -0.4 is 11.1 Å². The van der Waals surface area contributed by atoms with Crippen LogP contribution in [0.2, 0.25) is 0 Å². The lowest BCUT2D eigenvalue weighted by atomic mass is 9.89. The Hall–Kier alpha value is -1.61. The van der Waals surface area contributed by atoms with Crippen LogP contribution >= 0.6 is 0 Å². The Morgan fingerprint density at radius 3 is 2.71 bits per heavy atom. The molecular formula is C18H30N4O2. The van der Waals surface area contributed by atoms with E-state index in [0.717, 1.165) is 19.0 Å². The van der Waals surface area contributed by atoms with Crippen LogP contribution in [-0.4, -0.2) is 41.9 Å². The van der Waals surface area contributed by atoms with Crippen molar-refractivity contribution in [1.29, 1.82) is 5.26 Å². The summed E-state index contributed by atoms with van der Waals surface area (Å²) < 4.78 is 0. The highest BCUT2D eigenvalue weighted by Crippen LogP contribution is 2.28. The molecule has 3 N–H and O–H groups in total. The molecule has 1 aliphatic heterocycles. The highest BCUT2D eigenvalue weighted by atomic mass is 16.2. The average Bonchev–Trinajstić information content (AvgIpc) is 2.96. The second-order valence-corrected chi connectivity index (χ2v) is 7.57. The minimum atomic E-state index is -0.776. The predicted molar refractivity (Wildman–Crippen MR) is 91.7 cm³/mol. The van der Waals surface area contributed by atoms with Crippen molar-refractivity contribution in [2.45, 2.75) is 63.8 Å². The summed E-state index contributed by atoms with van der Waals surface area (Å²) in [6.07, 6.45) is 7.88. The van der Waals surface area contributed by atoms with Crippen LogP contribution in [-0.2, 0) is 9.59 Å². The van der Waals surface area contributed by atoms with Crippen LogP contribution in [0, 0.1) is 23.2 Å². The average molecular weight is 334 g/mol. The number of carbonyl (C=O) groups excluding carboxylic acids is 2. The third-order valence-electron chi connectivity index (χ3n) is 5.47. The Kier molecular flexibility index (Phi) is 6.61. The Morgan fingerprint density at radius 1 is 1.38 bits per heavy atom. The van der Waals surface area contributed by atoms with Gasteiger partial charge in [-0.15, -0.1) is 0 Å². The lowest BCUT2D eigenvalue weighted by molar-refractivity contribution is -0.123.